The molecular weight excluding hydrogens is 253 g/mol. The molecule has 0 spiro atoms. The molecule has 0 bridgehead atoms. The zero-order valence-electron chi connectivity index (χ0n) is 6.01. The summed E-state index contributed by atoms with van der Waals surface area (Å²) in [5.41, 5.74) is 5.05. The number of hydrogen-bond donors (Lipinski definition) is 3. The van der Waals surface area contributed by atoms with Crippen molar-refractivity contribution >= 4 is 29.5 Å². The summed E-state index contributed by atoms with van der Waals surface area (Å²) in [6.07, 6.45) is -1.25. The van der Waals surface area contributed by atoms with Crippen LogP contribution in [-0.2, 0) is 13.9 Å². The fourth-order valence-electron chi connectivity index (χ4n) is 0.485. The maximum Gasteiger partial charge on any atom is 0.470 e. The Hall–Kier alpha value is 0.220. The van der Waals surface area contributed by atoms with Gasteiger partial charge in [-0.25, -0.2) is 4.57 Å². The lowest BCUT2D eigenvalue weighted by Gasteiger charge is -2.13. The van der Waals surface area contributed by atoms with Crippen molar-refractivity contribution in [1.82, 2.24) is 0 Å². The Kier molecular flexibility index (Phi) is 5.15. The molecule has 0 amide bonds. The molecule has 1 unspecified atom stereocenters. The molecule has 1 atom stereocenters. The van der Waals surface area contributed by atoms with Crippen LogP contribution >= 0.6 is 23.8 Å². The maximum absolute atomic E-state index is 10.8. The summed E-state index contributed by atoms with van der Waals surface area (Å²) in [5.74, 6) is -0.499. The third-order valence-electron chi connectivity index (χ3n) is 0.969. The molecule has 0 aliphatic heterocycles. The molecule has 0 fully saturated rings. The number of nitrogens with two attached hydrogens (primary N) is 1. The van der Waals surface area contributed by atoms with Gasteiger partial charge in [0, 0.05) is 6.54 Å². The van der Waals surface area contributed by atoms with Gasteiger partial charge in [0.2, 0.25) is 0 Å². The Morgan fingerprint density at radius 3 is 2.42 bits per heavy atom. The number of hydrogen-bond acceptors (Lipinski definition) is 4. The van der Waals surface area contributed by atoms with Crippen molar-refractivity contribution in [3.63, 3.8) is 0 Å². The van der Waals surface area contributed by atoms with Gasteiger partial charge in [0.15, 0.2) is 5.78 Å². The molecule has 4 N–H and O–H groups in total. The van der Waals surface area contributed by atoms with Gasteiger partial charge in [-0.1, -0.05) is 15.9 Å². The molecule has 0 aromatic rings. The second-order valence-electron chi connectivity index (χ2n) is 1.92. The summed E-state index contributed by atoms with van der Waals surface area (Å²) in [7, 11) is -4.63. The smallest absolute Gasteiger partial charge is 0.328 e. The van der Waals surface area contributed by atoms with E-state index >= 15 is 0 Å². The topological polar surface area (TPSA) is 110 Å². The molecule has 0 aromatic carbocycles. The van der Waals surface area contributed by atoms with Crippen molar-refractivity contribution in [2.45, 2.75) is 6.10 Å². The Morgan fingerprint density at radius 2 is 2.17 bits per heavy atom. The van der Waals surface area contributed by atoms with Gasteiger partial charge >= 0.3 is 7.82 Å². The average molecular weight is 262 g/mol. The molecule has 6 nitrogen and oxygen atoms in total. The van der Waals surface area contributed by atoms with Crippen LogP contribution in [0.15, 0.2) is 0 Å². The van der Waals surface area contributed by atoms with Gasteiger partial charge in [-0.05, 0) is 0 Å². The number of phosphoric ester groups is 1. The predicted molar refractivity (Wildman–Crippen MR) is 44.8 cm³/mol. The molecule has 0 aromatic heterocycles. The van der Waals surface area contributed by atoms with E-state index in [1.807, 2.05) is 0 Å². The minimum atomic E-state index is -4.63. The zero-order valence-corrected chi connectivity index (χ0v) is 8.49. The highest BCUT2D eigenvalue weighted by molar-refractivity contribution is 9.09. The van der Waals surface area contributed by atoms with E-state index in [4.69, 9.17) is 15.5 Å². The van der Waals surface area contributed by atoms with Crippen LogP contribution in [0.4, 0.5) is 0 Å². The average Bonchev–Trinajstić information content (AvgIpc) is 1.97. The SMILES string of the molecule is NCC(OP(=O)(O)O)C(=O)CBr. The number of carbonyl (C=O) groups is 1. The molecule has 72 valence electrons. The molecule has 0 aliphatic carbocycles. The lowest BCUT2D eigenvalue weighted by Crippen LogP contribution is -2.32. The molecule has 12 heavy (non-hydrogen) atoms. The first-order valence-corrected chi connectivity index (χ1v) is 5.58. The fraction of sp³-hybridized carbons (Fsp3) is 0.750. The molecular formula is C4H9BrNO5P. The van der Waals surface area contributed by atoms with Crippen molar-refractivity contribution in [2.24, 2.45) is 5.73 Å². The van der Waals surface area contributed by atoms with E-state index < -0.39 is 19.7 Å². The van der Waals surface area contributed by atoms with Gasteiger partial charge in [-0.15, -0.1) is 0 Å². The van der Waals surface area contributed by atoms with Gasteiger partial charge < -0.3 is 15.5 Å². The Balaban J connectivity index is 4.19. The van der Waals surface area contributed by atoms with E-state index in [9.17, 15) is 9.36 Å². The third-order valence-corrected chi connectivity index (χ3v) is 2.05. The van der Waals surface area contributed by atoms with Gasteiger partial charge in [-0.2, -0.15) is 0 Å². The van der Waals surface area contributed by atoms with E-state index in [2.05, 4.69) is 20.5 Å². The lowest BCUT2D eigenvalue weighted by molar-refractivity contribution is -0.123. The first-order valence-electron chi connectivity index (χ1n) is 2.93. The quantitative estimate of drug-likeness (QED) is 0.450. The van der Waals surface area contributed by atoms with Crippen molar-refractivity contribution in [2.75, 3.05) is 11.9 Å². The largest absolute Gasteiger partial charge is 0.470 e. The second kappa shape index (κ2) is 5.06. The van der Waals surface area contributed by atoms with Crippen LogP contribution in [0.1, 0.15) is 0 Å². The second-order valence-corrected chi connectivity index (χ2v) is 3.67. The van der Waals surface area contributed by atoms with Crippen LogP contribution in [0, 0.1) is 0 Å². The number of carbonyl (C=O) groups excluding carboxylic acids is 1. The summed E-state index contributed by atoms with van der Waals surface area (Å²) in [4.78, 5) is 27.5. The van der Waals surface area contributed by atoms with Crippen LogP contribution in [0.3, 0.4) is 0 Å². The van der Waals surface area contributed by atoms with E-state index in [0.717, 1.165) is 0 Å². The van der Waals surface area contributed by atoms with Crippen LogP contribution in [0.2, 0.25) is 0 Å². The zero-order chi connectivity index (χ0) is 9.78. The molecule has 0 rings (SSSR count). The van der Waals surface area contributed by atoms with Gasteiger partial charge in [0.1, 0.15) is 6.10 Å². The van der Waals surface area contributed by atoms with Crippen LogP contribution in [0.25, 0.3) is 0 Å². The minimum Gasteiger partial charge on any atom is -0.328 e. The lowest BCUT2D eigenvalue weighted by atomic mass is 10.3. The maximum atomic E-state index is 10.8. The highest BCUT2D eigenvalue weighted by Gasteiger charge is 2.25. The first-order chi connectivity index (χ1) is 5.40. The number of alkyl halides is 1. The number of rotatable bonds is 5. The Labute approximate surface area is 77.5 Å². The first kappa shape index (κ1) is 12.2. The minimum absolute atomic E-state index is 0.0468. The fourth-order valence-corrected chi connectivity index (χ4v) is 1.38. The monoisotopic (exact) mass is 261 g/mol. The molecule has 0 saturated heterocycles. The van der Waals surface area contributed by atoms with E-state index in [0.29, 0.717) is 0 Å². The molecule has 0 saturated carbocycles. The summed E-state index contributed by atoms with van der Waals surface area (Å²) in [6.45, 7) is -0.254. The predicted octanol–water partition coefficient (Wildman–Crippen LogP) is -0.613. The van der Waals surface area contributed by atoms with Gasteiger partial charge in [-0.3, -0.25) is 9.32 Å². The van der Waals surface area contributed by atoms with Gasteiger partial charge in [0.25, 0.3) is 0 Å². The highest BCUT2D eigenvalue weighted by atomic mass is 79.9. The number of phosphoric acid groups is 1. The van der Waals surface area contributed by atoms with E-state index in [1.165, 1.54) is 0 Å². The van der Waals surface area contributed by atoms with Crippen LogP contribution in [-0.4, -0.2) is 33.5 Å². The summed E-state index contributed by atoms with van der Waals surface area (Å²) >= 11 is 2.83. The van der Waals surface area contributed by atoms with Crippen molar-refractivity contribution in [1.29, 1.82) is 0 Å². The number of Topliss-reactive ketones (excluding diaryl/α,β-unsaturated/α-hetero) is 1. The molecule has 0 radical (unpaired) electrons. The standard InChI is InChI=1S/C4H9BrNO5P/c5-1-3(7)4(2-6)11-12(8,9)10/h4H,1-2,6H2,(H2,8,9,10). The van der Waals surface area contributed by atoms with Crippen molar-refractivity contribution in [3.05, 3.63) is 0 Å². The molecule has 0 aliphatic rings. The van der Waals surface area contributed by atoms with Crippen LogP contribution < -0.4 is 5.73 Å². The molecule has 0 heterocycles. The normalized spacial score (nSPS) is 14.3. The third kappa shape index (κ3) is 4.97. The van der Waals surface area contributed by atoms with Crippen molar-refractivity contribution in [3.8, 4) is 0 Å². The van der Waals surface area contributed by atoms with Crippen molar-refractivity contribution < 1.29 is 23.7 Å². The highest BCUT2D eigenvalue weighted by Crippen LogP contribution is 2.37. The van der Waals surface area contributed by atoms with E-state index in [-0.39, 0.29) is 11.9 Å². The number of ketones is 1. The van der Waals surface area contributed by atoms with E-state index in [1.54, 1.807) is 0 Å². The van der Waals surface area contributed by atoms with Crippen LogP contribution in [0.5, 0.6) is 0 Å². The molecule has 8 heteroatoms. The summed E-state index contributed by atoms with van der Waals surface area (Å²) in [5, 5.41) is -0.0468. The Morgan fingerprint density at radius 1 is 1.67 bits per heavy atom. The van der Waals surface area contributed by atoms with Gasteiger partial charge in [0.05, 0.1) is 5.33 Å². The number of halogens is 1. The summed E-state index contributed by atoms with van der Waals surface area (Å²) in [6, 6.07) is 0. The Bertz CT molecular complexity index is 204. The summed E-state index contributed by atoms with van der Waals surface area (Å²) < 4.78 is 14.4.